The van der Waals surface area contributed by atoms with Crippen molar-refractivity contribution in [3.63, 3.8) is 0 Å². The van der Waals surface area contributed by atoms with Crippen LogP contribution in [0.25, 0.3) is 0 Å². The van der Waals surface area contributed by atoms with E-state index < -0.39 is 0 Å². The molecule has 0 aromatic heterocycles. The molecule has 0 aliphatic carbocycles. The first kappa shape index (κ1) is 14.4. The number of carbonyl (C=O) groups excluding carboxylic acids is 1. The molecule has 0 saturated heterocycles. The average Bonchev–Trinajstić information content (AvgIpc) is 2.19. The van der Waals surface area contributed by atoms with Crippen molar-refractivity contribution < 1.29 is 14.6 Å². The number of esters is 1. The van der Waals surface area contributed by atoms with Gasteiger partial charge in [-0.15, -0.1) is 0 Å². The lowest BCUT2D eigenvalue weighted by Gasteiger charge is -2.20. The number of aliphatic hydroxyl groups excluding tert-OH is 1. The number of ether oxygens (including phenoxy) is 1. The van der Waals surface area contributed by atoms with Gasteiger partial charge in [-0.25, -0.2) is 0 Å². The molecule has 0 spiro atoms. The Hall–Kier alpha value is -0.570. The lowest BCUT2D eigenvalue weighted by atomic mass is 9.97. The molecule has 15 heavy (non-hydrogen) atoms. The maximum atomic E-state index is 11.1. The summed E-state index contributed by atoms with van der Waals surface area (Å²) in [5.41, 5.74) is 0. The van der Waals surface area contributed by atoms with Gasteiger partial charge in [-0.05, 0) is 19.3 Å². The second-order valence-corrected chi connectivity index (χ2v) is 3.96. The van der Waals surface area contributed by atoms with Crippen LogP contribution in [0.5, 0.6) is 0 Å². The molecule has 90 valence electrons. The van der Waals surface area contributed by atoms with Gasteiger partial charge in [0.05, 0.1) is 12.7 Å². The van der Waals surface area contributed by atoms with E-state index >= 15 is 0 Å². The Balaban J connectivity index is 3.83. The van der Waals surface area contributed by atoms with Crippen molar-refractivity contribution in [2.75, 3.05) is 6.61 Å². The minimum Gasteiger partial charge on any atom is -0.465 e. The summed E-state index contributed by atoms with van der Waals surface area (Å²) in [4.78, 5) is 11.1. The zero-order valence-corrected chi connectivity index (χ0v) is 10.2. The highest BCUT2D eigenvalue weighted by Gasteiger charge is 2.18. The van der Waals surface area contributed by atoms with Crippen LogP contribution in [0.4, 0.5) is 0 Å². The van der Waals surface area contributed by atoms with Crippen LogP contribution >= 0.6 is 0 Å². The van der Waals surface area contributed by atoms with E-state index in [9.17, 15) is 9.90 Å². The van der Waals surface area contributed by atoms with Gasteiger partial charge in [0.2, 0.25) is 0 Å². The highest BCUT2D eigenvalue weighted by Crippen LogP contribution is 2.14. The molecule has 2 unspecified atom stereocenters. The van der Waals surface area contributed by atoms with E-state index in [4.69, 9.17) is 4.74 Å². The smallest absolute Gasteiger partial charge is 0.305 e. The predicted molar refractivity (Wildman–Crippen MR) is 60.6 cm³/mol. The normalized spacial score (nSPS) is 14.7. The highest BCUT2D eigenvalue weighted by atomic mass is 16.5. The Morgan fingerprint density at radius 1 is 1.27 bits per heavy atom. The first-order chi connectivity index (χ1) is 7.15. The van der Waals surface area contributed by atoms with Crippen molar-refractivity contribution in [2.45, 2.75) is 59.0 Å². The van der Waals surface area contributed by atoms with Gasteiger partial charge in [-0.1, -0.05) is 27.2 Å². The van der Waals surface area contributed by atoms with Gasteiger partial charge in [0.1, 0.15) is 0 Å². The maximum Gasteiger partial charge on any atom is 0.305 e. The minimum absolute atomic E-state index is 0.0887. The van der Waals surface area contributed by atoms with Crippen LogP contribution < -0.4 is 0 Å². The van der Waals surface area contributed by atoms with E-state index in [1.807, 2.05) is 20.8 Å². The fourth-order valence-corrected chi connectivity index (χ4v) is 1.51. The molecule has 3 heteroatoms. The van der Waals surface area contributed by atoms with Crippen molar-refractivity contribution in [3.8, 4) is 0 Å². The molecule has 0 bridgehead atoms. The molecule has 0 rings (SSSR count). The predicted octanol–water partition coefficient (Wildman–Crippen LogP) is 2.52. The number of carbonyl (C=O) groups is 1. The third-order valence-corrected chi connectivity index (χ3v) is 2.57. The molecule has 0 aromatic rings. The average molecular weight is 216 g/mol. The molecule has 0 heterocycles. The molecule has 0 radical (unpaired) electrons. The van der Waals surface area contributed by atoms with Gasteiger partial charge in [0, 0.05) is 12.3 Å². The van der Waals surface area contributed by atoms with Crippen LogP contribution in [-0.2, 0) is 9.53 Å². The van der Waals surface area contributed by atoms with E-state index in [0.29, 0.717) is 13.0 Å². The van der Waals surface area contributed by atoms with E-state index in [0.717, 1.165) is 25.7 Å². The third-order valence-electron chi connectivity index (χ3n) is 2.57. The van der Waals surface area contributed by atoms with Crippen LogP contribution in [0.15, 0.2) is 0 Å². The van der Waals surface area contributed by atoms with Gasteiger partial charge in [0.25, 0.3) is 0 Å². The Labute approximate surface area is 92.8 Å². The SMILES string of the molecule is CCCC(=O)OCC(CC)C(O)CCC. The molecule has 0 aliphatic heterocycles. The van der Waals surface area contributed by atoms with Gasteiger partial charge < -0.3 is 9.84 Å². The number of hydrogen-bond acceptors (Lipinski definition) is 3. The van der Waals surface area contributed by atoms with Crippen molar-refractivity contribution >= 4 is 5.97 Å². The number of hydrogen-bond donors (Lipinski definition) is 1. The fraction of sp³-hybridized carbons (Fsp3) is 0.917. The van der Waals surface area contributed by atoms with E-state index in [1.54, 1.807) is 0 Å². The largest absolute Gasteiger partial charge is 0.465 e. The van der Waals surface area contributed by atoms with E-state index in [1.165, 1.54) is 0 Å². The van der Waals surface area contributed by atoms with Crippen LogP contribution in [0.3, 0.4) is 0 Å². The Morgan fingerprint density at radius 2 is 1.93 bits per heavy atom. The summed E-state index contributed by atoms with van der Waals surface area (Å²) in [5.74, 6) is -0.0644. The summed E-state index contributed by atoms with van der Waals surface area (Å²) in [5, 5.41) is 9.76. The van der Waals surface area contributed by atoms with Crippen LogP contribution in [-0.4, -0.2) is 23.8 Å². The summed E-state index contributed by atoms with van der Waals surface area (Å²) >= 11 is 0. The summed E-state index contributed by atoms with van der Waals surface area (Å²) < 4.78 is 5.10. The fourth-order valence-electron chi connectivity index (χ4n) is 1.51. The maximum absolute atomic E-state index is 11.1. The zero-order chi connectivity index (χ0) is 11.7. The van der Waals surface area contributed by atoms with Crippen molar-refractivity contribution in [1.29, 1.82) is 0 Å². The molecule has 0 saturated carbocycles. The molecule has 3 nitrogen and oxygen atoms in total. The van der Waals surface area contributed by atoms with Crippen molar-refractivity contribution in [1.82, 2.24) is 0 Å². The van der Waals surface area contributed by atoms with Crippen molar-refractivity contribution in [2.24, 2.45) is 5.92 Å². The van der Waals surface area contributed by atoms with Gasteiger partial charge in [-0.2, -0.15) is 0 Å². The molecular formula is C12H24O3. The van der Waals surface area contributed by atoms with Gasteiger partial charge in [0.15, 0.2) is 0 Å². The Bertz CT molecular complexity index is 168. The van der Waals surface area contributed by atoms with Crippen LogP contribution in [0.2, 0.25) is 0 Å². The molecule has 0 fully saturated rings. The molecule has 0 aromatic carbocycles. The topological polar surface area (TPSA) is 46.5 Å². The Kier molecular flexibility index (Phi) is 8.38. The van der Waals surface area contributed by atoms with Crippen LogP contribution in [0, 0.1) is 5.92 Å². The summed E-state index contributed by atoms with van der Waals surface area (Å²) in [6, 6.07) is 0. The third kappa shape index (κ3) is 6.50. The molecule has 0 aliphatic rings. The van der Waals surface area contributed by atoms with Crippen LogP contribution in [0.1, 0.15) is 52.9 Å². The first-order valence-electron chi connectivity index (χ1n) is 5.99. The van der Waals surface area contributed by atoms with Gasteiger partial charge >= 0.3 is 5.97 Å². The quantitative estimate of drug-likeness (QED) is 0.634. The first-order valence-corrected chi connectivity index (χ1v) is 5.99. The van der Waals surface area contributed by atoms with Crippen molar-refractivity contribution in [3.05, 3.63) is 0 Å². The summed E-state index contributed by atoms with van der Waals surface area (Å²) in [7, 11) is 0. The second-order valence-electron chi connectivity index (χ2n) is 3.96. The minimum atomic E-state index is -0.338. The molecule has 0 amide bonds. The monoisotopic (exact) mass is 216 g/mol. The molecule has 1 N–H and O–H groups in total. The summed E-state index contributed by atoms with van der Waals surface area (Å²) in [6.45, 7) is 6.36. The number of aliphatic hydroxyl groups is 1. The van der Waals surface area contributed by atoms with E-state index in [2.05, 4.69) is 0 Å². The highest BCUT2D eigenvalue weighted by molar-refractivity contribution is 5.69. The lowest BCUT2D eigenvalue weighted by molar-refractivity contribution is -0.146. The number of rotatable bonds is 8. The Morgan fingerprint density at radius 3 is 2.40 bits per heavy atom. The summed E-state index contributed by atoms with van der Waals surface area (Å²) in [6.07, 6.45) is 3.53. The molecular weight excluding hydrogens is 192 g/mol. The standard InChI is InChI=1S/C12H24O3/c1-4-7-11(13)10(6-3)9-15-12(14)8-5-2/h10-11,13H,4-9H2,1-3H3. The van der Waals surface area contributed by atoms with E-state index in [-0.39, 0.29) is 18.0 Å². The van der Waals surface area contributed by atoms with Gasteiger partial charge in [-0.3, -0.25) is 4.79 Å². The zero-order valence-electron chi connectivity index (χ0n) is 10.2. The molecule has 2 atom stereocenters. The lowest BCUT2D eigenvalue weighted by Crippen LogP contribution is -2.25. The second kappa shape index (κ2) is 8.72.